The second-order valence-corrected chi connectivity index (χ2v) is 14.8. The zero-order chi connectivity index (χ0) is 29.9. The van der Waals surface area contributed by atoms with Gasteiger partial charge in [-0.25, -0.2) is 0 Å². The van der Waals surface area contributed by atoms with E-state index in [2.05, 4.69) is 62.1 Å². The number of allylic oxidation sites excluding steroid dienone is 4. The lowest BCUT2D eigenvalue weighted by Crippen LogP contribution is -2.44. The first-order chi connectivity index (χ1) is 19.2. The fourth-order valence-electron chi connectivity index (χ4n) is 6.59. The van der Waals surface area contributed by atoms with Crippen LogP contribution in [0.2, 0.25) is 10.0 Å². The van der Waals surface area contributed by atoms with Crippen LogP contribution in [-0.2, 0) is 16.2 Å². The number of carbonyl (C=O) groups excluding carboxylic acids is 2. The molecule has 5 nitrogen and oxygen atoms in total. The molecule has 0 N–H and O–H groups in total. The van der Waals surface area contributed by atoms with Crippen molar-refractivity contribution in [3.63, 3.8) is 0 Å². The van der Waals surface area contributed by atoms with Gasteiger partial charge in [0.25, 0.3) is 0 Å². The molecule has 0 aromatic heterocycles. The highest BCUT2D eigenvalue weighted by atomic mass is 127. The summed E-state index contributed by atoms with van der Waals surface area (Å²) in [4.78, 5) is 30.1. The van der Waals surface area contributed by atoms with Gasteiger partial charge in [0, 0.05) is 47.8 Å². The standard InChI is InChI=1S/C33H36Cl2INO4/c1-7-37-23-13-32(2,3)15-25(38)29(23)28(30-24(37)14-33(4,5)16-26(30)39)19-11-22(36)31(27(12-19)40-6)41-17-18-8-9-20(34)21(35)10-18/h8-12,28H,7,13-17H2,1-6H3. The smallest absolute Gasteiger partial charge is 0.174 e. The lowest BCUT2D eigenvalue weighted by atomic mass is 9.63. The summed E-state index contributed by atoms with van der Waals surface area (Å²) in [6.45, 7) is 11.7. The zero-order valence-electron chi connectivity index (χ0n) is 24.4. The van der Waals surface area contributed by atoms with E-state index in [1.165, 1.54) is 0 Å². The number of hydrogen-bond donors (Lipinski definition) is 0. The van der Waals surface area contributed by atoms with Crippen molar-refractivity contribution in [3.8, 4) is 11.5 Å². The summed E-state index contributed by atoms with van der Waals surface area (Å²) < 4.78 is 12.9. The number of halogens is 3. The lowest BCUT2D eigenvalue weighted by Gasteiger charge is -2.49. The van der Waals surface area contributed by atoms with E-state index in [-0.39, 0.29) is 29.0 Å². The minimum absolute atomic E-state index is 0.123. The van der Waals surface area contributed by atoms with Crippen LogP contribution in [0.5, 0.6) is 11.5 Å². The molecular weight excluding hydrogens is 672 g/mol. The third-order valence-corrected chi connectivity index (χ3v) is 9.83. The molecule has 41 heavy (non-hydrogen) atoms. The highest BCUT2D eigenvalue weighted by Gasteiger charge is 2.48. The van der Waals surface area contributed by atoms with Gasteiger partial charge in [-0.2, -0.15) is 0 Å². The maximum atomic E-state index is 13.9. The predicted octanol–water partition coefficient (Wildman–Crippen LogP) is 8.89. The Morgan fingerprint density at radius 1 is 0.902 bits per heavy atom. The second-order valence-electron chi connectivity index (χ2n) is 12.9. The topological polar surface area (TPSA) is 55.8 Å². The van der Waals surface area contributed by atoms with Gasteiger partial charge < -0.3 is 14.4 Å². The van der Waals surface area contributed by atoms with E-state index in [1.807, 2.05) is 18.2 Å². The summed E-state index contributed by atoms with van der Waals surface area (Å²) in [7, 11) is 1.61. The Kier molecular flexibility index (Phi) is 8.34. The molecule has 3 aliphatic rings. The van der Waals surface area contributed by atoms with Crippen molar-refractivity contribution in [3.05, 3.63) is 77.6 Å². The quantitative estimate of drug-likeness (QED) is 0.281. The zero-order valence-corrected chi connectivity index (χ0v) is 28.1. The number of methoxy groups -OCH3 is 1. The molecule has 0 saturated heterocycles. The minimum Gasteiger partial charge on any atom is -0.493 e. The van der Waals surface area contributed by atoms with Crippen LogP contribution in [0.1, 0.15) is 77.3 Å². The first kappa shape index (κ1) is 30.4. The van der Waals surface area contributed by atoms with Crippen molar-refractivity contribution >= 4 is 57.4 Å². The molecule has 0 saturated carbocycles. The van der Waals surface area contributed by atoms with Crippen LogP contribution in [0.4, 0.5) is 0 Å². The molecular formula is C33H36Cl2INO4. The van der Waals surface area contributed by atoms with E-state index < -0.39 is 5.92 Å². The molecule has 2 aromatic carbocycles. The molecule has 0 atom stereocenters. The number of nitrogens with zero attached hydrogens (tertiary/aromatic N) is 1. The highest BCUT2D eigenvalue weighted by molar-refractivity contribution is 14.1. The summed E-state index contributed by atoms with van der Waals surface area (Å²) in [5.74, 6) is 0.975. The Labute approximate surface area is 266 Å². The van der Waals surface area contributed by atoms with Crippen molar-refractivity contribution in [2.45, 2.75) is 72.8 Å². The molecule has 8 heteroatoms. The van der Waals surface area contributed by atoms with Crippen molar-refractivity contribution in [1.29, 1.82) is 0 Å². The molecule has 218 valence electrons. The summed E-state index contributed by atoms with van der Waals surface area (Å²) >= 11 is 14.5. The molecule has 0 amide bonds. The first-order valence-electron chi connectivity index (χ1n) is 14.0. The van der Waals surface area contributed by atoms with Gasteiger partial charge in [0.1, 0.15) is 6.61 Å². The molecule has 0 spiro atoms. The van der Waals surface area contributed by atoms with Gasteiger partial charge in [0.15, 0.2) is 23.1 Å². The summed E-state index contributed by atoms with van der Waals surface area (Å²) in [5, 5.41) is 0.960. The molecule has 0 bridgehead atoms. The maximum Gasteiger partial charge on any atom is 0.174 e. The number of benzene rings is 2. The Morgan fingerprint density at radius 3 is 2.00 bits per heavy atom. The average molecular weight is 708 g/mol. The van der Waals surface area contributed by atoms with Crippen molar-refractivity contribution in [2.24, 2.45) is 10.8 Å². The van der Waals surface area contributed by atoms with Crippen molar-refractivity contribution in [2.75, 3.05) is 13.7 Å². The molecule has 0 radical (unpaired) electrons. The number of rotatable bonds is 6. The first-order valence-corrected chi connectivity index (χ1v) is 15.8. The molecule has 1 aliphatic heterocycles. The van der Waals surface area contributed by atoms with E-state index in [0.29, 0.717) is 34.4 Å². The van der Waals surface area contributed by atoms with Gasteiger partial charge in [-0.1, -0.05) is 57.0 Å². The highest BCUT2D eigenvalue weighted by Crippen LogP contribution is 2.55. The van der Waals surface area contributed by atoms with E-state index in [1.54, 1.807) is 19.2 Å². The SMILES string of the molecule is CCN1C2=C(C(=O)CC(C)(C)C2)C(c2cc(I)c(OCc3ccc(Cl)c(Cl)c3)c(OC)c2)C2=C1CC(C)(C)CC2=O. The summed E-state index contributed by atoms with van der Waals surface area (Å²) in [6.07, 6.45) is 2.51. The molecule has 5 rings (SSSR count). The maximum absolute atomic E-state index is 13.9. The summed E-state index contributed by atoms with van der Waals surface area (Å²) in [6, 6.07) is 9.38. The van der Waals surface area contributed by atoms with Crippen LogP contribution in [0.15, 0.2) is 52.9 Å². The molecule has 2 aliphatic carbocycles. The number of ketones is 2. The Morgan fingerprint density at radius 2 is 1.49 bits per heavy atom. The van der Waals surface area contributed by atoms with Gasteiger partial charge in [-0.05, 0) is 88.6 Å². The third kappa shape index (κ3) is 5.81. The van der Waals surface area contributed by atoms with Crippen LogP contribution in [-0.4, -0.2) is 30.1 Å². The number of Topliss-reactive ketones (excluding diaryl/α,β-unsaturated/α-hetero) is 2. The van der Waals surface area contributed by atoms with Gasteiger partial charge >= 0.3 is 0 Å². The van der Waals surface area contributed by atoms with Crippen LogP contribution >= 0.6 is 45.8 Å². The second kappa shape index (κ2) is 11.2. The van der Waals surface area contributed by atoms with E-state index in [0.717, 1.165) is 56.6 Å². The van der Waals surface area contributed by atoms with Gasteiger partial charge in [-0.3, -0.25) is 9.59 Å². The van der Waals surface area contributed by atoms with Gasteiger partial charge in [0.05, 0.1) is 20.7 Å². The fourth-order valence-corrected chi connectivity index (χ4v) is 7.70. The Hall–Kier alpha value is -2.03. The normalized spacial score (nSPS) is 20.3. The van der Waals surface area contributed by atoms with Crippen molar-refractivity contribution < 1.29 is 19.1 Å². The molecule has 1 heterocycles. The van der Waals surface area contributed by atoms with Gasteiger partial charge in [-0.15, -0.1) is 0 Å². The minimum atomic E-state index is -0.429. The van der Waals surface area contributed by atoms with E-state index in [4.69, 9.17) is 32.7 Å². The largest absolute Gasteiger partial charge is 0.493 e. The number of ether oxygens (including phenoxy) is 2. The van der Waals surface area contributed by atoms with Gasteiger partial charge in [0.2, 0.25) is 0 Å². The molecule has 0 unspecified atom stereocenters. The lowest BCUT2D eigenvalue weighted by molar-refractivity contribution is -0.119. The van der Waals surface area contributed by atoms with E-state index in [9.17, 15) is 9.59 Å². The number of hydrogen-bond acceptors (Lipinski definition) is 5. The molecule has 2 aromatic rings. The van der Waals surface area contributed by atoms with Crippen LogP contribution in [0, 0.1) is 14.4 Å². The van der Waals surface area contributed by atoms with Crippen molar-refractivity contribution in [1.82, 2.24) is 4.90 Å². The average Bonchev–Trinajstić information content (AvgIpc) is 2.87. The predicted molar refractivity (Wildman–Crippen MR) is 172 cm³/mol. The monoisotopic (exact) mass is 707 g/mol. The molecule has 0 fully saturated rings. The Balaban J connectivity index is 1.63. The van der Waals surface area contributed by atoms with Crippen LogP contribution < -0.4 is 9.47 Å². The summed E-state index contributed by atoms with van der Waals surface area (Å²) in [5.41, 5.74) is 5.13. The van der Waals surface area contributed by atoms with E-state index >= 15 is 0 Å². The Bertz CT molecular complexity index is 1450. The third-order valence-electron chi connectivity index (χ3n) is 8.29. The van der Waals surface area contributed by atoms with Crippen LogP contribution in [0.3, 0.4) is 0 Å². The fraction of sp³-hybridized carbons (Fsp3) is 0.455. The number of carbonyl (C=O) groups is 2. The van der Waals surface area contributed by atoms with Crippen LogP contribution in [0.25, 0.3) is 0 Å².